The van der Waals surface area contributed by atoms with E-state index in [1.165, 1.54) is 28.0 Å². The van der Waals surface area contributed by atoms with Crippen LogP contribution in [0.3, 0.4) is 0 Å². The largest absolute Gasteiger partial charge is 0.573 e. The standard InChI is InChI=1S/C23H21F3N4O2S/c1-13-28-18-19(17(12-27)20(31)29(2)21(18)33-13)30-7-5-22(6-8-30)10-14-3-4-16(9-15(14)11-22)32-23(24,25)26/h3-4,9H,5-8,10-11H2,1-2H3. The number of thiazole rings is 1. The Morgan fingerprint density at radius 2 is 1.91 bits per heavy atom. The highest BCUT2D eigenvalue weighted by molar-refractivity contribution is 7.18. The van der Waals surface area contributed by atoms with E-state index >= 15 is 0 Å². The van der Waals surface area contributed by atoms with Gasteiger partial charge in [0.2, 0.25) is 0 Å². The number of aryl methyl sites for hydroxylation is 2. The lowest BCUT2D eigenvalue weighted by molar-refractivity contribution is -0.274. The maximum absolute atomic E-state index is 12.8. The van der Waals surface area contributed by atoms with Gasteiger partial charge in [0.15, 0.2) is 0 Å². The monoisotopic (exact) mass is 474 g/mol. The average Bonchev–Trinajstić information content (AvgIpc) is 3.30. The molecule has 1 fully saturated rings. The summed E-state index contributed by atoms with van der Waals surface area (Å²) in [5.41, 5.74) is 2.97. The Labute approximate surface area is 191 Å². The first-order chi connectivity index (χ1) is 15.6. The van der Waals surface area contributed by atoms with Crippen molar-refractivity contribution in [2.45, 2.75) is 39.0 Å². The van der Waals surface area contributed by atoms with E-state index in [9.17, 15) is 23.2 Å². The van der Waals surface area contributed by atoms with Crippen LogP contribution in [0, 0.1) is 23.7 Å². The number of nitriles is 1. The van der Waals surface area contributed by atoms with Gasteiger partial charge in [-0.05, 0) is 61.3 Å². The van der Waals surface area contributed by atoms with Gasteiger partial charge < -0.3 is 14.2 Å². The van der Waals surface area contributed by atoms with Crippen LogP contribution in [-0.4, -0.2) is 29.0 Å². The molecule has 172 valence electrons. The van der Waals surface area contributed by atoms with Crippen LogP contribution in [0.2, 0.25) is 0 Å². The molecule has 5 rings (SSSR count). The van der Waals surface area contributed by atoms with Gasteiger partial charge in [0, 0.05) is 20.1 Å². The third-order valence-electron chi connectivity index (χ3n) is 6.79. The van der Waals surface area contributed by atoms with Crippen molar-refractivity contribution < 1.29 is 17.9 Å². The molecular weight excluding hydrogens is 453 g/mol. The van der Waals surface area contributed by atoms with Crippen LogP contribution >= 0.6 is 11.3 Å². The number of hydrogen-bond acceptors (Lipinski definition) is 6. The number of benzene rings is 1. The molecule has 1 saturated heterocycles. The topological polar surface area (TPSA) is 71.2 Å². The molecule has 0 N–H and O–H groups in total. The molecule has 33 heavy (non-hydrogen) atoms. The number of anilines is 1. The Morgan fingerprint density at radius 1 is 1.21 bits per heavy atom. The number of halogens is 3. The molecule has 0 unspecified atom stereocenters. The summed E-state index contributed by atoms with van der Waals surface area (Å²) < 4.78 is 43.4. The fourth-order valence-corrected chi connectivity index (χ4v) is 6.13. The lowest BCUT2D eigenvalue weighted by atomic mass is 9.76. The van der Waals surface area contributed by atoms with Gasteiger partial charge in [0.25, 0.3) is 5.56 Å². The number of fused-ring (bicyclic) bond motifs is 2. The Bertz CT molecular complexity index is 1360. The first-order valence-electron chi connectivity index (χ1n) is 10.6. The number of pyridine rings is 1. The van der Waals surface area contributed by atoms with E-state index in [0.29, 0.717) is 30.7 Å². The highest BCUT2D eigenvalue weighted by Crippen LogP contribution is 2.47. The van der Waals surface area contributed by atoms with Gasteiger partial charge in [-0.15, -0.1) is 24.5 Å². The summed E-state index contributed by atoms with van der Waals surface area (Å²) in [6.07, 6.45) is -1.60. The van der Waals surface area contributed by atoms with Gasteiger partial charge in [-0.1, -0.05) is 6.07 Å². The number of piperidine rings is 1. The van der Waals surface area contributed by atoms with Crippen LogP contribution < -0.4 is 15.2 Å². The molecule has 0 saturated carbocycles. The minimum absolute atomic E-state index is 0.0423. The Hall–Kier alpha value is -3.06. The number of ether oxygens (including phenoxy) is 1. The van der Waals surface area contributed by atoms with E-state index in [1.54, 1.807) is 13.1 Å². The van der Waals surface area contributed by atoms with E-state index in [0.717, 1.165) is 40.2 Å². The van der Waals surface area contributed by atoms with E-state index in [4.69, 9.17) is 0 Å². The van der Waals surface area contributed by atoms with Crippen molar-refractivity contribution in [3.63, 3.8) is 0 Å². The van der Waals surface area contributed by atoms with Gasteiger partial charge in [-0.25, -0.2) is 4.98 Å². The molecular formula is C23H21F3N4O2S. The summed E-state index contributed by atoms with van der Waals surface area (Å²) in [5.74, 6) is -0.184. The van der Waals surface area contributed by atoms with Crippen molar-refractivity contribution in [1.29, 1.82) is 5.26 Å². The second-order valence-electron chi connectivity index (χ2n) is 8.91. The zero-order valence-corrected chi connectivity index (χ0v) is 18.9. The first kappa shape index (κ1) is 21.8. The molecule has 1 spiro atoms. The predicted molar refractivity (Wildman–Crippen MR) is 119 cm³/mol. The smallest absolute Gasteiger partial charge is 0.406 e. The summed E-state index contributed by atoms with van der Waals surface area (Å²) in [7, 11) is 1.66. The lowest BCUT2D eigenvalue weighted by Gasteiger charge is -2.40. The molecule has 2 aromatic heterocycles. The van der Waals surface area contributed by atoms with Crippen LogP contribution in [0.5, 0.6) is 5.75 Å². The van der Waals surface area contributed by atoms with E-state index in [-0.39, 0.29) is 22.3 Å². The number of aromatic nitrogens is 2. The molecule has 2 aliphatic rings. The molecule has 10 heteroatoms. The van der Waals surface area contributed by atoms with Crippen LogP contribution in [0.1, 0.15) is 34.5 Å². The zero-order valence-electron chi connectivity index (χ0n) is 18.1. The maximum atomic E-state index is 12.8. The summed E-state index contributed by atoms with van der Waals surface area (Å²) >= 11 is 1.43. The summed E-state index contributed by atoms with van der Waals surface area (Å²) in [6.45, 7) is 3.17. The molecule has 6 nitrogen and oxygen atoms in total. The molecule has 1 aliphatic heterocycles. The van der Waals surface area contributed by atoms with E-state index in [1.807, 2.05) is 6.92 Å². The van der Waals surface area contributed by atoms with Crippen LogP contribution in [0.25, 0.3) is 10.3 Å². The highest BCUT2D eigenvalue weighted by Gasteiger charge is 2.41. The molecule has 0 atom stereocenters. The van der Waals surface area contributed by atoms with Crippen molar-refractivity contribution in [2.24, 2.45) is 12.5 Å². The summed E-state index contributed by atoms with van der Waals surface area (Å²) in [4.78, 5) is 20.3. The van der Waals surface area contributed by atoms with E-state index < -0.39 is 6.36 Å². The van der Waals surface area contributed by atoms with Gasteiger partial charge in [0.05, 0.1) is 10.7 Å². The quantitative estimate of drug-likeness (QED) is 0.549. The Kier molecular flexibility index (Phi) is 4.94. The van der Waals surface area contributed by atoms with Crippen LogP contribution in [-0.2, 0) is 19.9 Å². The maximum Gasteiger partial charge on any atom is 0.573 e. The van der Waals surface area contributed by atoms with E-state index in [2.05, 4.69) is 20.7 Å². The third kappa shape index (κ3) is 3.74. The molecule has 1 aromatic carbocycles. The molecule has 1 aliphatic carbocycles. The highest BCUT2D eigenvalue weighted by atomic mass is 32.1. The predicted octanol–water partition coefficient (Wildman–Crippen LogP) is 4.46. The number of hydrogen-bond donors (Lipinski definition) is 0. The van der Waals surface area contributed by atoms with Crippen molar-refractivity contribution in [3.05, 3.63) is 50.3 Å². The van der Waals surface area contributed by atoms with Gasteiger partial charge >= 0.3 is 6.36 Å². The minimum atomic E-state index is -4.71. The van der Waals surface area contributed by atoms with Gasteiger partial charge in [-0.2, -0.15) is 5.26 Å². The van der Waals surface area contributed by atoms with Crippen molar-refractivity contribution in [3.8, 4) is 11.8 Å². The second kappa shape index (κ2) is 7.48. The summed E-state index contributed by atoms with van der Waals surface area (Å²) in [5, 5.41) is 10.6. The van der Waals surface area contributed by atoms with Crippen molar-refractivity contribution in [2.75, 3.05) is 18.0 Å². The molecule has 0 bridgehead atoms. The SMILES string of the molecule is Cc1nc2c(N3CCC4(CC3)Cc3ccc(OC(F)(F)F)cc3C4)c(C#N)c(=O)n(C)c2s1. The Morgan fingerprint density at radius 3 is 2.58 bits per heavy atom. The van der Waals surface area contributed by atoms with Crippen LogP contribution in [0.15, 0.2) is 23.0 Å². The number of alkyl halides is 3. The fraction of sp³-hybridized carbons (Fsp3) is 0.435. The van der Waals surface area contributed by atoms with Crippen molar-refractivity contribution >= 4 is 27.4 Å². The average molecular weight is 475 g/mol. The molecule has 0 radical (unpaired) electrons. The van der Waals surface area contributed by atoms with Crippen LogP contribution in [0.4, 0.5) is 18.9 Å². The Balaban J connectivity index is 1.41. The normalized spacial score (nSPS) is 17.4. The molecule has 3 heterocycles. The first-order valence-corrected chi connectivity index (χ1v) is 11.4. The summed E-state index contributed by atoms with van der Waals surface area (Å²) in [6, 6.07) is 6.69. The molecule has 3 aromatic rings. The number of nitrogens with zero attached hydrogens (tertiary/aromatic N) is 4. The zero-order chi connectivity index (χ0) is 23.5. The minimum Gasteiger partial charge on any atom is -0.406 e. The molecule has 0 amide bonds. The third-order valence-corrected chi connectivity index (χ3v) is 7.84. The fourth-order valence-electron chi connectivity index (χ4n) is 5.25. The second-order valence-corrected chi connectivity index (χ2v) is 10.1. The van der Waals surface area contributed by atoms with Gasteiger partial charge in [0.1, 0.15) is 27.7 Å². The van der Waals surface area contributed by atoms with Gasteiger partial charge in [-0.3, -0.25) is 4.79 Å². The lowest BCUT2D eigenvalue weighted by Crippen LogP contribution is -2.42. The number of rotatable bonds is 2. The van der Waals surface area contributed by atoms with Crippen molar-refractivity contribution in [1.82, 2.24) is 9.55 Å².